The molecular formula is C8H6BrClN2O. The maximum absolute atomic E-state index is 9.81. The van der Waals surface area contributed by atoms with Gasteiger partial charge in [0.1, 0.15) is 5.15 Å². The number of aliphatic imine (C=N–C) groups is 1. The summed E-state index contributed by atoms with van der Waals surface area (Å²) in [4.78, 5) is 17.1. The Morgan fingerprint density at radius 1 is 1.69 bits per heavy atom. The first-order valence-electron chi connectivity index (χ1n) is 3.57. The van der Waals surface area contributed by atoms with Crippen molar-refractivity contribution in [2.24, 2.45) is 4.99 Å². The van der Waals surface area contributed by atoms with E-state index in [4.69, 9.17) is 11.6 Å². The maximum atomic E-state index is 9.81. The molecule has 13 heavy (non-hydrogen) atoms. The van der Waals surface area contributed by atoms with Crippen LogP contribution >= 0.6 is 27.5 Å². The van der Waals surface area contributed by atoms with E-state index in [1.165, 1.54) is 6.08 Å². The van der Waals surface area contributed by atoms with Crippen molar-refractivity contribution in [2.45, 2.75) is 6.42 Å². The van der Waals surface area contributed by atoms with Gasteiger partial charge in [0, 0.05) is 10.7 Å². The molecule has 0 fully saturated rings. The number of hydrogen-bond donors (Lipinski definition) is 0. The number of halogens is 2. The van der Waals surface area contributed by atoms with Crippen LogP contribution in [0.2, 0.25) is 5.15 Å². The SMILES string of the molecule is O=C=NCCc1cc(Cl)ncc1Br. The second kappa shape index (κ2) is 5.12. The summed E-state index contributed by atoms with van der Waals surface area (Å²) in [5.41, 5.74) is 0.985. The van der Waals surface area contributed by atoms with Crippen molar-refractivity contribution in [3.8, 4) is 0 Å². The molecule has 0 aliphatic heterocycles. The molecule has 0 aromatic carbocycles. The van der Waals surface area contributed by atoms with Crippen LogP contribution in [0, 0.1) is 0 Å². The molecule has 0 saturated carbocycles. The minimum Gasteiger partial charge on any atom is -0.243 e. The molecule has 68 valence electrons. The molecule has 0 aliphatic carbocycles. The van der Waals surface area contributed by atoms with Gasteiger partial charge >= 0.3 is 0 Å². The monoisotopic (exact) mass is 260 g/mol. The highest BCUT2D eigenvalue weighted by molar-refractivity contribution is 9.10. The van der Waals surface area contributed by atoms with E-state index in [9.17, 15) is 4.79 Å². The van der Waals surface area contributed by atoms with Crippen LogP contribution in [0.3, 0.4) is 0 Å². The van der Waals surface area contributed by atoms with Gasteiger partial charge in [-0.15, -0.1) is 0 Å². The van der Waals surface area contributed by atoms with Gasteiger partial charge in [-0.25, -0.2) is 14.8 Å². The van der Waals surface area contributed by atoms with Gasteiger partial charge in [-0.05, 0) is 34.0 Å². The molecule has 1 rings (SSSR count). The van der Waals surface area contributed by atoms with E-state index in [1.54, 1.807) is 12.3 Å². The van der Waals surface area contributed by atoms with E-state index in [1.807, 2.05) is 0 Å². The lowest BCUT2D eigenvalue weighted by Gasteiger charge is -2.00. The zero-order valence-electron chi connectivity index (χ0n) is 6.63. The van der Waals surface area contributed by atoms with Gasteiger partial charge in [0.25, 0.3) is 0 Å². The molecule has 1 aromatic heterocycles. The van der Waals surface area contributed by atoms with Crippen LogP contribution < -0.4 is 0 Å². The van der Waals surface area contributed by atoms with Crippen molar-refractivity contribution in [1.29, 1.82) is 0 Å². The van der Waals surface area contributed by atoms with Crippen LogP contribution in [0.4, 0.5) is 0 Å². The minimum atomic E-state index is 0.419. The highest BCUT2D eigenvalue weighted by Gasteiger charge is 2.00. The van der Waals surface area contributed by atoms with Crippen LogP contribution in [-0.2, 0) is 11.2 Å². The Labute approximate surface area is 89.0 Å². The third kappa shape index (κ3) is 3.27. The molecule has 0 spiro atoms. The average Bonchev–Trinajstić information content (AvgIpc) is 2.11. The highest BCUT2D eigenvalue weighted by atomic mass is 79.9. The quantitative estimate of drug-likeness (QED) is 0.476. The van der Waals surface area contributed by atoms with Crippen molar-refractivity contribution in [3.05, 3.63) is 27.5 Å². The largest absolute Gasteiger partial charge is 0.243 e. The van der Waals surface area contributed by atoms with E-state index in [-0.39, 0.29) is 0 Å². The second-order valence-electron chi connectivity index (χ2n) is 2.32. The summed E-state index contributed by atoms with van der Waals surface area (Å²) in [6.45, 7) is 0.419. The van der Waals surface area contributed by atoms with Crippen molar-refractivity contribution in [3.63, 3.8) is 0 Å². The van der Waals surface area contributed by atoms with Gasteiger partial charge in [-0.1, -0.05) is 11.6 Å². The Morgan fingerprint density at radius 3 is 3.15 bits per heavy atom. The van der Waals surface area contributed by atoms with Crippen molar-refractivity contribution in [2.75, 3.05) is 6.54 Å². The lowest BCUT2D eigenvalue weighted by atomic mass is 10.2. The fourth-order valence-electron chi connectivity index (χ4n) is 0.865. The standard InChI is InChI=1S/C8H6BrClN2O/c9-7-4-12-8(10)3-6(7)1-2-11-5-13/h3-4H,1-2H2. The summed E-state index contributed by atoms with van der Waals surface area (Å²) in [5, 5.41) is 0.438. The van der Waals surface area contributed by atoms with Crippen molar-refractivity contribution >= 4 is 33.6 Å². The first-order chi connectivity index (χ1) is 6.24. The van der Waals surface area contributed by atoms with Gasteiger partial charge in [0.15, 0.2) is 0 Å². The Morgan fingerprint density at radius 2 is 2.46 bits per heavy atom. The lowest BCUT2D eigenvalue weighted by molar-refractivity contribution is 0.563. The molecule has 1 heterocycles. The number of isocyanates is 1. The number of pyridine rings is 1. The van der Waals surface area contributed by atoms with Crippen LogP contribution in [-0.4, -0.2) is 17.6 Å². The summed E-state index contributed by atoms with van der Waals surface area (Å²) in [5.74, 6) is 0. The Balaban J connectivity index is 2.75. The zero-order chi connectivity index (χ0) is 9.68. The Kier molecular flexibility index (Phi) is 4.09. The van der Waals surface area contributed by atoms with Crippen LogP contribution in [0.25, 0.3) is 0 Å². The zero-order valence-corrected chi connectivity index (χ0v) is 8.97. The van der Waals surface area contributed by atoms with E-state index in [2.05, 4.69) is 25.9 Å². The fraction of sp³-hybridized carbons (Fsp3) is 0.250. The van der Waals surface area contributed by atoms with Crippen LogP contribution in [0.5, 0.6) is 0 Å². The molecule has 1 aromatic rings. The number of aromatic nitrogens is 1. The van der Waals surface area contributed by atoms with E-state index in [0.717, 1.165) is 10.0 Å². The molecular weight excluding hydrogens is 255 g/mol. The van der Waals surface area contributed by atoms with Crippen molar-refractivity contribution < 1.29 is 4.79 Å². The molecule has 0 atom stereocenters. The molecule has 0 amide bonds. The van der Waals surface area contributed by atoms with Gasteiger partial charge in [-0.2, -0.15) is 0 Å². The van der Waals surface area contributed by atoms with Crippen molar-refractivity contribution in [1.82, 2.24) is 4.98 Å². The van der Waals surface area contributed by atoms with Gasteiger partial charge in [0.2, 0.25) is 6.08 Å². The summed E-state index contributed by atoms with van der Waals surface area (Å²) < 4.78 is 0.873. The summed E-state index contributed by atoms with van der Waals surface area (Å²) in [7, 11) is 0. The highest BCUT2D eigenvalue weighted by Crippen LogP contribution is 2.18. The van der Waals surface area contributed by atoms with Crippen LogP contribution in [0.15, 0.2) is 21.7 Å². The van der Waals surface area contributed by atoms with Gasteiger partial charge in [0.05, 0.1) is 6.54 Å². The number of hydrogen-bond acceptors (Lipinski definition) is 3. The molecule has 5 heteroatoms. The Hall–Kier alpha value is -0.700. The number of carbonyl (C=O) groups excluding carboxylic acids is 1. The maximum Gasteiger partial charge on any atom is 0.234 e. The van der Waals surface area contributed by atoms with Gasteiger partial charge in [-0.3, -0.25) is 0 Å². The van der Waals surface area contributed by atoms with E-state index in [0.29, 0.717) is 18.1 Å². The van der Waals surface area contributed by atoms with E-state index >= 15 is 0 Å². The molecule has 0 radical (unpaired) electrons. The Bertz CT molecular complexity index is 350. The first-order valence-corrected chi connectivity index (χ1v) is 4.74. The molecule has 0 unspecified atom stereocenters. The van der Waals surface area contributed by atoms with Gasteiger partial charge < -0.3 is 0 Å². The second-order valence-corrected chi connectivity index (χ2v) is 3.56. The predicted octanol–water partition coefficient (Wildman–Crippen LogP) is 2.38. The topological polar surface area (TPSA) is 42.3 Å². The fourth-order valence-corrected chi connectivity index (χ4v) is 1.46. The number of rotatable bonds is 3. The predicted molar refractivity (Wildman–Crippen MR) is 53.6 cm³/mol. The van der Waals surface area contributed by atoms with E-state index < -0.39 is 0 Å². The average molecular weight is 262 g/mol. The number of nitrogens with zero attached hydrogens (tertiary/aromatic N) is 2. The first kappa shape index (κ1) is 10.4. The summed E-state index contributed by atoms with van der Waals surface area (Å²) in [6.07, 6.45) is 3.76. The third-order valence-electron chi connectivity index (χ3n) is 1.46. The molecule has 0 bridgehead atoms. The summed E-state index contributed by atoms with van der Waals surface area (Å²) in [6, 6.07) is 1.74. The lowest BCUT2D eigenvalue weighted by Crippen LogP contribution is -1.92. The molecule has 0 saturated heterocycles. The smallest absolute Gasteiger partial charge is 0.234 e. The molecule has 0 aliphatic rings. The molecule has 0 N–H and O–H groups in total. The normalized spacial score (nSPS) is 9.38. The third-order valence-corrected chi connectivity index (χ3v) is 2.38. The molecule has 3 nitrogen and oxygen atoms in total. The van der Waals surface area contributed by atoms with Crippen LogP contribution in [0.1, 0.15) is 5.56 Å². The summed E-state index contributed by atoms with van der Waals surface area (Å²) >= 11 is 9.01. The minimum absolute atomic E-state index is 0.419.